The number of benzene rings is 2. The highest BCUT2D eigenvalue weighted by atomic mass is 35.5. The topological polar surface area (TPSA) is 40.6 Å². The van der Waals surface area contributed by atoms with E-state index in [0.29, 0.717) is 18.1 Å². The molecule has 0 aromatic heterocycles. The standard InChI is InChI=1S/C22H27ClN2O2/c1-16(2)25(15-19-9-6-5-7-10-19)22(27)13-14-24(18(4)26)21-12-8-11-20(23)17(21)3/h5-12,16H,13-15H2,1-4H3. The third-order valence-electron chi connectivity index (χ3n) is 4.60. The Morgan fingerprint density at radius 1 is 1.04 bits per heavy atom. The van der Waals surface area contributed by atoms with E-state index in [0.717, 1.165) is 16.8 Å². The van der Waals surface area contributed by atoms with Crippen molar-refractivity contribution in [1.82, 2.24) is 4.90 Å². The number of halogens is 1. The van der Waals surface area contributed by atoms with E-state index >= 15 is 0 Å². The fourth-order valence-corrected chi connectivity index (χ4v) is 3.20. The van der Waals surface area contributed by atoms with Crippen LogP contribution in [0.4, 0.5) is 5.69 Å². The van der Waals surface area contributed by atoms with Crippen LogP contribution in [0.25, 0.3) is 0 Å². The number of carbonyl (C=O) groups excluding carboxylic acids is 2. The Labute approximate surface area is 166 Å². The number of carbonyl (C=O) groups is 2. The third kappa shape index (κ3) is 5.57. The molecule has 2 aromatic rings. The molecule has 144 valence electrons. The van der Waals surface area contributed by atoms with Crippen LogP contribution in [-0.2, 0) is 16.1 Å². The predicted molar refractivity (Wildman–Crippen MR) is 111 cm³/mol. The number of nitrogens with zero attached hydrogens (tertiary/aromatic N) is 2. The second-order valence-corrected chi connectivity index (χ2v) is 7.31. The summed E-state index contributed by atoms with van der Waals surface area (Å²) >= 11 is 6.19. The van der Waals surface area contributed by atoms with Gasteiger partial charge < -0.3 is 9.80 Å². The lowest BCUT2D eigenvalue weighted by Crippen LogP contribution is -2.39. The number of anilines is 1. The molecule has 0 saturated heterocycles. The van der Waals surface area contributed by atoms with Gasteiger partial charge in [-0.25, -0.2) is 0 Å². The average Bonchev–Trinajstić information content (AvgIpc) is 2.63. The van der Waals surface area contributed by atoms with Gasteiger partial charge in [0.2, 0.25) is 11.8 Å². The molecule has 0 aliphatic carbocycles. The zero-order valence-corrected chi connectivity index (χ0v) is 17.2. The van der Waals surface area contributed by atoms with Crippen molar-refractivity contribution in [3.63, 3.8) is 0 Å². The molecule has 2 aromatic carbocycles. The van der Waals surface area contributed by atoms with Gasteiger partial charge in [-0.05, 0) is 44.0 Å². The van der Waals surface area contributed by atoms with Crippen LogP contribution in [-0.4, -0.2) is 29.3 Å². The minimum atomic E-state index is -0.104. The molecule has 2 rings (SSSR count). The smallest absolute Gasteiger partial charge is 0.224 e. The first-order valence-corrected chi connectivity index (χ1v) is 9.55. The van der Waals surface area contributed by atoms with Crippen LogP contribution in [0.15, 0.2) is 48.5 Å². The molecular formula is C22H27ClN2O2. The van der Waals surface area contributed by atoms with Crippen molar-refractivity contribution >= 4 is 29.1 Å². The first kappa shape index (κ1) is 21.0. The van der Waals surface area contributed by atoms with Gasteiger partial charge >= 0.3 is 0 Å². The molecule has 5 heteroatoms. The summed E-state index contributed by atoms with van der Waals surface area (Å²) in [4.78, 5) is 28.5. The molecule has 0 aliphatic heterocycles. The first-order valence-electron chi connectivity index (χ1n) is 9.18. The number of amides is 2. The van der Waals surface area contributed by atoms with Crippen LogP contribution >= 0.6 is 11.6 Å². The molecule has 27 heavy (non-hydrogen) atoms. The summed E-state index contributed by atoms with van der Waals surface area (Å²) in [5, 5.41) is 0.609. The van der Waals surface area contributed by atoms with Crippen molar-refractivity contribution in [2.75, 3.05) is 11.4 Å². The van der Waals surface area contributed by atoms with Gasteiger partial charge in [0.1, 0.15) is 0 Å². The Morgan fingerprint density at radius 2 is 1.70 bits per heavy atom. The molecule has 0 N–H and O–H groups in total. The molecular weight excluding hydrogens is 360 g/mol. The molecule has 4 nitrogen and oxygen atoms in total. The number of rotatable bonds is 7. The van der Waals surface area contributed by atoms with Gasteiger partial charge in [-0.15, -0.1) is 0 Å². The van der Waals surface area contributed by atoms with Crippen LogP contribution in [0.1, 0.15) is 38.3 Å². The summed E-state index contributed by atoms with van der Waals surface area (Å²) in [6, 6.07) is 15.5. The van der Waals surface area contributed by atoms with Gasteiger partial charge in [0.25, 0.3) is 0 Å². The van der Waals surface area contributed by atoms with E-state index in [1.165, 1.54) is 6.92 Å². The van der Waals surface area contributed by atoms with Crippen molar-refractivity contribution in [3.8, 4) is 0 Å². The SMILES string of the molecule is CC(=O)N(CCC(=O)N(Cc1ccccc1)C(C)C)c1cccc(Cl)c1C. The van der Waals surface area contributed by atoms with E-state index in [9.17, 15) is 9.59 Å². The quantitative estimate of drug-likeness (QED) is 0.683. The molecule has 0 radical (unpaired) electrons. The fourth-order valence-electron chi connectivity index (χ4n) is 3.03. The van der Waals surface area contributed by atoms with Crippen molar-refractivity contribution in [3.05, 3.63) is 64.7 Å². The van der Waals surface area contributed by atoms with Crippen LogP contribution < -0.4 is 4.90 Å². The minimum Gasteiger partial charge on any atom is -0.336 e. The highest BCUT2D eigenvalue weighted by molar-refractivity contribution is 6.31. The molecule has 0 bridgehead atoms. The van der Waals surface area contributed by atoms with Crippen molar-refractivity contribution in [2.24, 2.45) is 0 Å². The largest absolute Gasteiger partial charge is 0.336 e. The van der Waals surface area contributed by atoms with Gasteiger partial charge in [0, 0.05) is 43.2 Å². The van der Waals surface area contributed by atoms with E-state index < -0.39 is 0 Å². The van der Waals surface area contributed by atoms with Crippen LogP contribution in [0.3, 0.4) is 0 Å². The maximum absolute atomic E-state index is 12.9. The molecule has 0 spiro atoms. The molecule has 0 aliphatic rings. The Bertz CT molecular complexity index is 790. The lowest BCUT2D eigenvalue weighted by molar-refractivity contribution is -0.133. The lowest BCUT2D eigenvalue weighted by Gasteiger charge is -2.29. The van der Waals surface area contributed by atoms with Crippen LogP contribution in [0, 0.1) is 6.92 Å². The van der Waals surface area contributed by atoms with E-state index in [-0.39, 0.29) is 24.3 Å². The average molecular weight is 387 g/mol. The second kappa shape index (κ2) is 9.56. The van der Waals surface area contributed by atoms with Gasteiger partial charge in [-0.1, -0.05) is 48.0 Å². The zero-order valence-electron chi connectivity index (χ0n) is 16.4. The third-order valence-corrected chi connectivity index (χ3v) is 5.01. The van der Waals surface area contributed by atoms with E-state index in [4.69, 9.17) is 11.6 Å². The number of hydrogen-bond acceptors (Lipinski definition) is 2. The highest BCUT2D eigenvalue weighted by Crippen LogP contribution is 2.27. The highest BCUT2D eigenvalue weighted by Gasteiger charge is 2.21. The second-order valence-electron chi connectivity index (χ2n) is 6.91. The van der Waals surface area contributed by atoms with Crippen LogP contribution in [0.5, 0.6) is 0 Å². The van der Waals surface area contributed by atoms with Gasteiger partial charge in [0.15, 0.2) is 0 Å². The minimum absolute atomic E-state index is 0.0276. The molecule has 0 fully saturated rings. The summed E-state index contributed by atoms with van der Waals surface area (Å²) in [5.74, 6) is -0.0768. The normalized spacial score (nSPS) is 10.7. The van der Waals surface area contributed by atoms with Gasteiger partial charge in [-0.3, -0.25) is 9.59 Å². The molecule has 0 heterocycles. The molecule has 2 amide bonds. The maximum atomic E-state index is 12.9. The zero-order chi connectivity index (χ0) is 20.0. The Hall–Kier alpha value is -2.33. The van der Waals surface area contributed by atoms with Crippen molar-refractivity contribution in [1.29, 1.82) is 0 Å². The monoisotopic (exact) mass is 386 g/mol. The first-order chi connectivity index (χ1) is 12.8. The summed E-state index contributed by atoms with van der Waals surface area (Å²) in [6.07, 6.45) is 0.260. The Morgan fingerprint density at radius 3 is 2.30 bits per heavy atom. The Kier molecular flexibility index (Phi) is 7.43. The molecule has 0 atom stereocenters. The summed E-state index contributed by atoms with van der Waals surface area (Å²) in [7, 11) is 0. The fraction of sp³-hybridized carbons (Fsp3) is 0.364. The summed E-state index contributed by atoms with van der Waals surface area (Å²) in [5.41, 5.74) is 2.68. The maximum Gasteiger partial charge on any atom is 0.224 e. The molecule has 0 unspecified atom stereocenters. The molecule has 0 saturated carbocycles. The van der Waals surface area contributed by atoms with Crippen molar-refractivity contribution < 1.29 is 9.59 Å². The summed E-state index contributed by atoms with van der Waals surface area (Å²) in [6.45, 7) is 8.29. The van der Waals surface area contributed by atoms with Gasteiger partial charge in [0.05, 0.1) is 0 Å². The number of hydrogen-bond donors (Lipinski definition) is 0. The van der Waals surface area contributed by atoms with E-state index in [1.54, 1.807) is 11.0 Å². The predicted octanol–water partition coefficient (Wildman–Crippen LogP) is 4.83. The van der Waals surface area contributed by atoms with Gasteiger partial charge in [-0.2, -0.15) is 0 Å². The van der Waals surface area contributed by atoms with E-state index in [1.807, 2.05) is 68.1 Å². The Balaban J connectivity index is 2.11. The van der Waals surface area contributed by atoms with Crippen molar-refractivity contribution in [2.45, 2.75) is 46.7 Å². The van der Waals surface area contributed by atoms with E-state index in [2.05, 4.69) is 0 Å². The lowest BCUT2D eigenvalue weighted by atomic mass is 10.1. The van der Waals surface area contributed by atoms with Crippen LogP contribution in [0.2, 0.25) is 5.02 Å². The summed E-state index contributed by atoms with van der Waals surface area (Å²) < 4.78 is 0.